The number of fused-ring (bicyclic) bond motifs is 1. The van der Waals surface area contributed by atoms with Crippen LogP contribution in [-0.4, -0.2) is 19.6 Å². The SMILES string of the molecule is Cc1sc2nc(/C(Cl)=C/c3csnn3)[nH]c(=O)c2c1-c1ccccc1. The monoisotopic (exact) mass is 386 g/mol. The van der Waals surface area contributed by atoms with E-state index in [1.165, 1.54) is 22.9 Å². The average molecular weight is 387 g/mol. The summed E-state index contributed by atoms with van der Waals surface area (Å²) < 4.78 is 3.78. The maximum Gasteiger partial charge on any atom is 0.260 e. The van der Waals surface area contributed by atoms with Gasteiger partial charge in [-0.3, -0.25) is 4.79 Å². The van der Waals surface area contributed by atoms with E-state index in [4.69, 9.17) is 11.6 Å². The molecule has 1 N–H and O–H groups in total. The lowest BCUT2D eigenvalue weighted by Gasteiger charge is -2.02. The van der Waals surface area contributed by atoms with Crippen LogP contribution < -0.4 is 5.56 Å². The molecule has 0 unspecified atom stereocenters. The molecule has 1 aromatic carbocycles. The molecule has 0 radical (unpaired) electrons. The molecule has 8 heteroatoms. The van der Waals surface area contributed by atoms with Crippen molar-refractivity contribution in [1.82, 2.24) is 19.6 Å². The molecular weight excluding hydrogens is 376 g/mol. The number of nitrogens with one attached hydrogen (secondary N) is 1. The predicted molar refractivity (Wildman–Crippen MR) is 104 cm³/mol. The summed E-state index contributed by atoms with van der Waals surface area (Å²) in [5.74, 6) is 0.327. The van der Waals surface area contributed by atoms with Crippen molar-refractivity contribution in [2.75, 3.05) is 0 Å². The topological polar surface area (TPSA) is 71.5 Å². The Morgan fingerprint density at radius 1 is 1.28 bits per heavy atom. The van der Waals surface area contributed by atoms with Crippen LogP contribution in [0.1, 0.15) is 16.4 Å². The summed E-state index contributed by atoms with van der Waals surface area (Å²) in [6.45, 7) is 1.99. The van der Waals surface area contributed by atoms with Crippen molar-refractivity contribution in [2.45, 2.75) is 6.92 Å². The van der Waals surface area contributed by atoms with Gasteiger partial charge in [-0.1, -0.05) is 46.4 Å². The van der Waals surface area contributed by atoms with E-state index in [0.717, 1.165) is 16.0 Å². The summed E-state index contributed by atoms with van der Waals surface area (Å²) in [5, 5.41) is 6.59. The first-order chi connectivity index (χ1) is 12.1. The van der Waals surface area contributed by atoms with E-state index in [2.05, 4.69) is 19.6 Å². The van der Waals surface area contributed by atoms with E-state index in [0.29, 0.717) is 26.8 Å². The summed E-state index contributed by atoms with van der Waals surface area (Å²) in [5.41, 5.74) is 2.35. The molecule has 0 saturated heterocycles. The number of H-pyrrole nitrogens is 1. The first-order valence-electron chi connectivity index (χ1n) is 7.37. The van der Waals surface area contributed by atoms with Crippen LogP contribution in [0.15, 0.2) is 40.5 Å². The number of rotatable bonds is 3. The zero-order chi connectivity index (χ0) is 17.4. The molecule has 4 aromatic rings. The van der Waals surface area contributed by atoms with Crippen molar-refractivity contribution in [3.05, 3.63) is 62.5 Å². The van der Waals surface area contributed by atoms with Crippen LogP contribution in [0.4, 0.5) is 0 Å². The molecule has 0 aliphatic carbocycles. The first kappa shape index (κ1) is 16.1. The van der Waals surface area contributed by atoms with Crippen molar-refractivity contribution >= 4 is 55.8 Å². The van der Waals surface area contributed by atoms with Crippen molar-refractivity contribution in [2.24, 2.45) is 0 Å². The number of aryl methyl sites for hydroxylation is 1. The standard InChI is InChI=1S/C17H11ClN4OS2/c1-9-13(10-5-3-2-4-6-10)14-16(23)19-15(20-17(14)25-9)12(18)7-11-8-24-22-21-11/h2-8H,1H3,(H,19,20,23)/b12-7-. The Labute approximate surface area is 155 Å². The maximum atomic E-state index is 12.7. The van der Waals surface area contributed by atoms with Gasteiger partial charge in [-0.15, -0.1) is 16.4 Å². The summed E-state index contributed by atoms with van der Waals surface area (Å²) in [7, 11) is 0. The van der Waals surface area contributed by atoms with E-state index in [1.807, 2.05) is 37.3 Å². The Bertz CT molecular complexity index is 1130. The van der Waals surface area contributed by atoms with Crippen LogP contribution in [-0.2, 0) is 0 Å². The Balaban J connectivity index is 1.89. The molecule has 124 valence electrons. The highest BCUT2D eigenvalue weighted by atomic mass is 35.5. The maximum absolute atomic E-state index is 12.7. The average Bonchev–Trinajstić information content (AvgIpc) is 3.22. The van der Waals surface area contributed by atoms with Gasteiger partial charge in [0.2, 0.25) is 0 Å². The lowest BCUT2D eigenvalue weighted by Crippen LogP contribution is -2.10. The number of halogens is 1. The second-order valence-electron chi connectivity index (χ2n) is 5.32. The molecule has 0 aliphatic heterocycles. The molecule has 25 heavy (non-hydrogen) atoms. The quantitative estimate of drug-likeness (QED) is 0.560. The van der Waals surface area contributed by atoms with Crippen LogP contribution in [0.5, 0.6) is 0 Å². The van der Waals surface area contributed by atoms with Gasteiger partial charge < -0.3 is 4.98 Å². The fourth-order valence-corrected chi connectivity index (χ4v) is 4.28. The minimum atomic E-state index is -0.203. The number of nitrogens with zero attached hydrogens (tertiary/aromatic N) is 3. The van der Waals surface area contributed by atoms with E-state index >= 15 is 0 Å². The Morgan fingerprint density at radius 3 is 2.80 bits per heavy atom. The zero-order valence-corrected chi connectivity index (χ0v) is 15.4. The van der Waals surface area contributed by atoms with Crippen LogP contribution in [0.2, 0.25) is 0 Å². The number of aromatic amines is 1. The molecule has 3 heterocycles. The van der Waals surface area contributed by atoms with E-state index < -0.39 is 0 Å². The molecule has 0 spiro atoms. The highest BCUT2D eigenvalue weighted by molar-refractivity contribution is 7.19. The lowest BCUT2D eigenvalue weighted by molar-refractivity contribution is 1.13. The second-order valence-corrected chi connectivity index (χ2v) is 7.54. The number of hydrogen-bond donors (Lipinski definition) is 1. The fraction of sp³-hybridized carbons (Fsp3) is 0.0588. The van der Waals surface area contributed by atoms with Crippen molar-refractivity contribution in [3.63, 3.8) is 0 Å². The normalized spacial score (nSPS) is 12.0. The van der Waals surface area contributed by atoms with Crippen LogP contribution in [0.25, 0.3) is 32.5 Å². The molecule has 0 fully saturated rings. The van der Waals surface area contributed by atoms with Gasteiger partial charge in [-0.25, -0.2) is 4.98 Å². The third-order valence-corrected chi connectivity index (χ3v) is 5.49. The largest absolute Gasteiger partial charge is 0.305 e. The Hall–Kier alpha value is -2.35. The van der Waals surface area contributed by atoms with Crippen molar-refractivity contribution < 1.29 is 0 Å². The molecule has 5 nitrogen and oxygen atoms in total. The molecule has 0 amide bonds. The highest BCUT2D eigenvalue weighted by Crippen LogP contribution is 2.35. The minimum Gasteiger partial charge on any atom is -0.305 e. The van der Waals surface area contributed by atoms with Gasteiger partial charge in [0, 0.05) is 15.8 Å². The van der Waals surface area contributed by atoms with Gasteiger partial charge in [-0.05, 0) is 30.1 Å². The van der Waals surface area contributed by atoms with Gasteiger partial charge in [0.25, 0.3) is 5.56 Å². The summed E-state index contributed by atoms with van der Waals surface area (Å²) >= 11 is 9.02. The van der Waals surface area contributed by atoms with Gasteiger partial charge >= 0.3 is 0 Å². The highest BCUT2D eigenvalue weighted by Gasteiger charge is 2.17. The summed E-state index contributed by atoms with van der Waals surface area (Å²) in [6, 6.07) is 9.84. The molecule has 0 aliphatic rings. The second kappa shape index (κ2) is 6.51. The minimum absolute atomic E-state index is 0.203. The lowest BCUT2D eigenvalue weighted by atomic mass is 10.0. The molecule has 0 bridgehead atoms. The molecule has 4 rings (SSSR count). The van der Waals surface area contributed by atoms with Gasteiger partial charge in [0.05, 0.1) is 16.1 Å². The zero-order valence-electron chi connectivity index (χ0n) is 13.0. The van der Waals surface area contributed by atoms with E-state index in [1.54, 1.807) is 11.5 Å². The number of hydrogen-bond acceptors (Lipinski definition) is 6. The van der Waals surface area contributed by atoms with Gasteiger partial charge in [0.1, 0.15) is 4.83 Å². The Morgan fingerprint density at radius 2 is 2.08 bits per heavy atom. The van der Waals surface area contributed by atoms with E-state index in [-0.39, 0.29) is 5.56 Å². The summed E-state index contributed by atoms with van der Waals surface area (Å²) in [6.07, 6.45) is 1.63. The fourth-order valence-electron chi connectivity index (χ4n) is 2.62. The van der Waals surface area contributed by atoms with Crippen LogP contribution in [0.3, 0.4) is 0 Å². The number of aromatic nitrogens is 4. The molecule has 0 atom stereocenters. The van der Waals surface area contributed by atoms with E-state index in [9.17, 15) is 4.79 Å². The third kappa shape index (κ3) is 3.02. The molecular formula is C17H11ClN4OS2. The molecule has 0 saturated carbocycles. The predicted octanol–water partition coefficient (Wildman–Crippen LogP) is 4.55. The van der Waals surface area contributed by atoms with Crippen LogP contribution in [0, 0.1) is 6.92 Å². The van der Waals surface area contributed by atoms with Crippen molar-refractivity contribution in [3.8, 4) is 11.1 Å². The summed E-state index contributed by atoms with van der Waals surface area (Å²) in [4.78, 5) is 21.7. The van der Waals surface area contributed by atoms with Gasteiger partial charge in [0.15, 0.2) is 5.82 Å². The smallest absolute Gasteiger partial charge is 0.260 e. The first-order valence-corrected chi connectivity index (χ1v) is 9.40. The van der Waals surface area contributed by atoms with Crippen molar-refractivity contribution in [1.29, 1.82) is 0 Å². The third-order valence-electron chi connectivity index (χ3n) is 3.68. The van der Waals surface area contributed by atoms with Gasteiger partial charge in [-0.2, -0.15) is 0 Å². The number of benzene rings is 1. The molecule has 3 aromatic heterocycles. The number of thiophene rings is 1. The Kier molecular flexibility index (Phi) is 4.20. The van der Waals surface area contributed by atoms with Crippen LogP contribution >= 0.6 is 34.5 Å².